The second-order valence-electron chi connectivity index (χ2n) is 5.92. The Hall–Kier alpha value is -0.900. The molecule has 0 amide bonds. The van der Waals surface area contributed by atoms with Gasteiger partial charge in [0.25, 0.3) is 0 Å². The fourth-order valence-electron chi connectivity index (χ4n) is 3.43. The molecule has 110 valence electrons. The summed E-state index contributed by atoms with van der Waals surface area (Å²) in [6, 6.07) is 10.3. The van der Waals surface area contributed by atoms with Crippen LogP contribution in [0.5, 0.6) is 0 Å². The summed E-state index contributed by atoms with van der Waals surface area (Å²) >= 11 is 0. The number of hydrogen-bond donors (Lipinski definition) is 0. The second kappa shape index (κ2) is 6.25. The number of fused-ring (bicyclic) bond motifs is 2. The van der Waals surface area contributed by atoms with Crippen molar-refractivity contribution in [2.24, 2.45) is 5.92 Å². The van der Waals surface area contributed by atoms with Gasteiger partial charge in [-0.15, -0.1) is 0 Å². The summed E-state index contributed by atoms with van der Waals surface area (Å²) in [5, 5.41) is 0. The van der Waals surface area contributed by atoms with Crippen molar-refractivity contribution in [1.29, 1.82) is 0 Å². The maximum Gasteiger partial charge on any atom is 0.0869 e. The highest BCUT2D eigenvalue weighted by Crippen LogP contribution is 2.39. The Kier molecular flexibility index (Phi) is 4.39. The molecule has 2 aliphatic heterocycles. The predicted octanol–water partition coefficient (Wildman–Crippen LogP) is 3.17. The van der Waals surface area contributed by atoms with Gasteiger partial charge in [0.05, 0.1) is 31.0 Å². The average Bonchev–Trinajstić information content (AvgIpc) is 2.84. The molecule has 3 rings (SSSR count). The Labute approximate surface area is 121 Å². The molecule has 2 bridgehead atoms. The molecule has 0 saturated carbocycles. The van der Waals surface area contributed by atoms with Crippen LogP contribution in [0.3, 0.4) is 0 Å². The van der Waals surface area contributed by atoms with Crippen LogP contribution < -0.4 is 0 Å². The van der Waals surface area contributed by atoms with Gasteiger partial charge >= 0.3 is 0 Å². The maximum absolute atomic E-state index is 6.13. The SMILES string of the molecule is CCOC1CC2OC1C(C)CC2OCc1ccccc1. The lowest BCUT2D eigenvalue weighted by atomic mass is 9.95. The fraction of sp³-hybridized carbons (Fsp3) is 0.647. The van der Waals surface area contributed by atoms with Gasteiger partial charge in [0.15, 0.2) is 0 Å². The first-order valence-electron chi connectivity index (χ1n) is 7.70. The van der Waals surface area contributed by atoms with Gasteiger partial charge in [-0.25, -0.2) is 0 Å². The van der Waals surface area contributed by atoms with E-state index in [1.165, 1.54) is 5.56 Å². The number of rotatable bonds is 5. The molecule has 5 atom stereocenters. The number of hydrogen-bond acceptors (Lipinski definition) is 3. The van der Waals surface area contributed by atoms with Gasteiger partial charge in [-0.1, -0.05) is 37.3 Å². The summed E-state index contributed by atoms with van der Waals surface area (Å²) in [4.78, 5) is 0. The summed E-state index contributed by atoms with van der Waals surface area (Å²) in [5.41, 5.74) is 1.22. The van der Waals surface area contributed by atoms with Gasteiger partial charge < -0.3 is 14.2 Å². The van der Waals surface area contributed by atoms with Crippen molar-refractivity contribution in [2.45, 2.75) is 57.7 Å². The first kappa shape index (κ1) is 14.1. The van der Waals surface area contributed by atoms with Crippen LogP contribution >= 0.6 is 0 Å². The molecule has 0 spiro atoms. The van der Waals surface area contributed by atoms with Crippen LogP contribution in [0.15, 0.2) is 30.3 Å². The second-order valence-corrected chi connectivity index (χ2v) is 5.92. The maximum atomic E-state index is 6.13. The lowest BCUT2D eigenvalue weighted by Crippen LogP contribution is -2.40. The molecular weight excluding hydrogens is 252 g/mol. The van der Waals surface area contributed by atoms with Crippen molar-refractivity contribution >= 4 is 0 Å². The van der Waals surface area contributed by atoms with Crippen molar-refractivity contribution in [3.8, 4) is 0 Å². The highest BCUT2D eigenvalue weighted by atomic mass is 16.6. The highest BCUT2D eigenvalue weighted by molar-refractivity contribution is 5.13. The van der Waals surface area contributed by atoms with E-state index < -0.39 is 0 Å². The van der Waals surface area contributed by atoms with E-state index in [0.717, 1.165) is 19.4 Å². The molecule has 5 unspecified atom stereocenters. The molecule has 3 heteroatoms. The summed E-state index contributed by atoms with van der Waals surface area (Å²) in [6.45, 7) is 5.73. The summed E-state index contributed by atoms with van der Waals surface area (Å²) in [5.74, 6) is 0.506. The Bertz CT molecular complexity index is 420. The third-order valence-corrected chi connectivity index (χ3v) is 4.43. The molecule has 2 heterocycles. The molecular formula is C17H24O3. The van der Waals surface area contributed by atoms with Gasteiger partial charge in [-0.2, -0.15) is 0 Å². The number of benzene rings is 1. The van der Waals surface area contributed by atoms with Crippen molar-refractivity contribution in [3.63, 3.8) is 0 Å². The molecule has 1 aromatic rings. The van der Waals surface area contributed by atoms with E-state index in [1.807, 2.05) is 6.07 Å². The van der Waals surface area contributed by atoms with E-state index in [-0.39, 0.29) is 24.4 Å². The van der Waals surface area contributed by atoms with E-state index >= 15 is 0 Å². The largest absolute Gasteiger partial charge is 0.376 e. The van der Waals surface area contributed by atoms with Gasteiger partial charge in [-0.05, 0) is 24.8 Å². The van der Waals surface area contributed by atoms with Gasteiger partial charge in [0, 0.05) is 13.0 Å². The molecule has 1 aromatic carbocycles. The first-order chi connectivity index (χ1) is 9.78. The quantitative estimate of drug-likeness (QED) is 0.826. The van der Waals surface area contributed by atoms with E-state index in [2.05, 4.69) is 38.1 Å². The minimum Gasteiger partial charge on any atom is -0.376 e. The lowest BCUT2D eigenvalue weighted by molar-refractivity contribution is -0.141. The monoisotopic (exact) mass is 276 g/mol. The van der Waals surface area contributed by atoms with Crippen LogP contribution in [0.25, 0.3) is 0 Å². The average molecular weight is 276 g/mol. The van der Waals surface area contributed by atoms with Crippen LogP contribution in [-0.2, 0) is 20.8 Å². The Morgan fingerprint density at radius 3 is 2.65 bits per heavy atom. The van der Waals surface area contributed by atoms with Gasteiger partial charge in [-0.3, -0.25) is 0 Å². The van der Waals surface area contributed by atoms with Crippen molar-refractivity contribution in [1.82, 2.24) is 0 Å². The minimum absolute atomic E-state index is 0.201. The molecule has 3 nitrogen and oxygen atoms in total. The van der Waals surface area contributed by atoms with Crippen molar-refractivity contribution in [2.75, 3.05) is 6.61 Å². The summed E-state index contributed by atoms with van der Waals surface area (Å²) in [6.07, 6.45) is 2.97. The Morgan fingerprint density at radius 1 is 1.10 bits per heavy atom. The molecule has 0 N–H and O–H groups in total. The zero-order valence-electron chi connectivity index (χ0n) is 12.3. The zero-order chi connectivity index (χ0) is 13.9. The Morgan fingerprint density at radius 2 is 1.90 bits per heavy atom. The number of ether oxygens (including phenoxy) is 3. The van der Waals surface area contributed by atoms with E-state index in [9.17, 15) is 0 Å². The molecule has 0 aromatic heterocycles. The van der Waals surface area contributed by atoms with Crippen molar-refractivity contribution in [3.05, 3.63) is 35.9 Å². The fourth-order valence-corrected chi connectivity index (χ4v) is 3.43. The molecule has 0 radical (unpaired) electrons. The van der Waals surface area contributed by atoms with Gasteiger partial charge in [0.2, 0.25) is 0 Å². The van der Waals surface area contributed by atoms with Crippen LogP contribution in [0.1, 0.15) is 32.3 Å². The minimum atomic E-state index is 0.201. The lowest BCUT2D eigenvalue weighted by Gasteiger charge is -2.34. The molecule has 0 aliphatic carbocycles. The van der Waals surface area contributed by atoms with Crippen molar-refractivity contribution < 1.29 is 14.2 Å². The van der Waals surface area contributed by atoms with Crippen LogP contribution in [0.2, 0.25) is 0 Å². The standard InChI is InChI=1S/C17H24O3/c1-3-18-16-10-15-14(9-12(2)17(16)20-15)19-11-13-7-5-4-6-8-13/h4-8,12,14-17H,3,9-11H2,1-2H3. The van der Waals surface area contributed by atoms with E-state index in [4.69, 9.17) is 14.2 Å². The third kappa shape index (κ3) is 2.90. The Balaban J connectivity index is 1.59. The highest BCUT2D eigenvalue weighted by Gasteiger charge is 2.47. The van der Waals surface area contributed by atoms with Crippen LogP contribution in [0, 0.1) is 5.92 Å². The third-order valence-electron chi connectivity index (χ3n) is 4.43. The smallest absolute Gasteiger partial charge is 0.0869 e. The topological polar surface area (TPSA) is 27.7 Å². The van der Waals surface area contributed by atoms with Crippen LogP contribution in [0.4, 0.5) is 0 Å². The van der Waals surface area contributed by atoms with Gasteiger partial charge in [0.1, 0.15) is 0 Å². The van der Waals surface area contributed by atoms with Crippen LogP contribution in [-0.4, -0.2) is 31.0 Å². The predicted molar refractivity (Wildman–Crippen MR) is 77.5 cm³/mol. The molecule has 2 saturated heterocycles. The molecule has 2 fully saturated rings. The normalized spacial score (nSPS) is 36.2. The summed E-state index contributed by atoms with van der Waals surface area (Å²) in [7, 11) is 0. The first-order valence-corrected chi connectivity index (χ1v) is 7.70. The van der Waals surface area contributed by atoms with E-state index in [1.54, 1.807) is 0 Å². The molecule has 2 aliphatic rings. The summed E-state index contributed by atoms with van der Waals surface area (Å²) < 4.78 is 18.1. The molecule has 20 heavy (non-hydrogen) atoms. The zero-order valence-corrected chi connectivity index (χ0v) is 12.3. The van der Waals surface area contributed by atoms with E-state index in [0.29, 0.717) is 12.5 Å².